The molecule has 2 aromatic rings. The number of anilines is 2. The molecule has 26 heavy (non-hydrogen) atoms. The van der Waals surface area contributed by atoms with Gasteiger partial charge in [-0.2, -0.15) is 10.4 Å². The van der Waals surface area contributed by atoms with Crippen molar-refractivity contribution in [1.82, 2.24) is 9.78 Å². The first-order valence-corrected chi connectivity index (χ1v) is 7.86. The molecular weight excluding hydrogens is 340 g/mol. The standard InChI is InChI=1S/C16H16N6O4/c1-20-15(12(9-17)10-18-20)19-16(23)11-2-3-13(14(8-11)22(24)25)21-4-6-26-7-5-21/h2-3,8,10H,4-7H2,1H3,(H,19,23). The second kappa shape index (κ2) is 7.20. The zero-order chi connectivity index (χ0) is 18.7. The molecule has 134 valence electrons. The summed E-state index contributed by atoms with van der Waals surface area (Å²) in [7, 11) is 1.58. The lowest BCUT2D eigenvalue weighted by atomic mass is 10.1. The number of hydrogen-bond donors (Lipinski definition) is 1. The first-order valence-electron chi connectivity index (χ1n) is 7.86. The van der Waals surface area contributed by atoms with Crippen LogP contribution in [0.1, 0.15) is 15.9 Å². The van der Waals surface area contributed by atoms with Crippen molar-refractivity contribution in [1.29, 1.82) is 5.26 Å². The minimum Gasteiger partial charge on any atom is -0.378 e. The first-order chi connectivity index (χ1) is 12.5. The zero-order valence-corrected chi connectivity index (χ0v) is 14.0. The van der Waals surface area contributed by atoms with Crippen LogP contribution in [0.3, 0.4) is 0 Å². The summed E-state index contributed by atoms with van der Waals surface area (Å²) in [6, 6.07) is 6.25. The normalized spacial score (nSPS) is 13.9. The number of nitrogens with zero attached hydrogens (tertiary/aromatic N) is 5. The molecule has 1 aromatic carbocycles. The highest BCUT2D eigenvalue weighted by Gasteiger charge is 2.24. The number of benzene rings is 1. The third kappa shape index (κ3) is 3.33. The Bertz CT molecular complexity index is 895. The number of nitro benzene ring substituents is 1. The Labute approximate surface area is 148 Å². The number of carbonyl (C=O) groups is 1. The Hall–Kier alpha value is -3.45. The van der Waals surface area contributed by atoms with Crippen LogP contribution < -0.4 is 10.2 Å². The number of aromatic nitrogens is 2. The Kier molecular flexibility index (Phi) is 4.81. The molecule has 3 rings (SSSR count). The number of morpholine rings is 1. The molecule has 1 amide bonds. The van der Waals surface area contributed by atoms with E-state index >= 15 is 0 Å². The van der Waals surface area contributed by atoms with Crippen molar-refractivity contribution in [3.63, 3.8) is 0 Å². The van der Waals surface area contributed by atoms with Gasteiger partial charge in [0.15, 0.2) is 0 Å². The zero-order valence-electron chi connectivity index (χ0n) is 14.0. The monoisotopic (exact) mass is 356 g/mol. The lowest BCUT2D eigenvalue weighted by molar-refractivity contribution is -0.384. The quantitative estimate of drug-likeness (QED) is 0.646. The minimum absolute atomic E-state index is 0.124. The van der Waals surface area contributed by atoms with E-state index in [1.54, 1.807) is 13.1 Å². The summed E-state index contributed by atoms with van der Waals surface area (Å²) in [6.45, 7) is 2.09. The molecular formula is C16H16N6O4. The molecule has 1 aliphatic heterocycles. The molecule has 10 nitrogen and oxygen atoms in total. The molecule has 1 aliphatic rings. The fourth-order valence-electron chi connectivity index (χ4n) is 2.73. The van der Waals surface area contributed by atoms with Crippen LogP contribution in [-0.4, -0.2) is 46.9 Å². The van der Waals surface area contributed by atoms with E-state index in [2.05, 4.69) is 10.4 Å². The summed E-state index contributed by atoms with van der Waals surface area (Å²) in [6.07, 6.45) is 1.33. The number of nitrogens with one attached hydrogen (secondary N) is 1. The summed E-state index contributed by atoms with van der Waals surface area (Å²) in [4.78, 5) is 25.3. The van der Waals surface area contributed by atoms with Crippen LogP contribution in [0, 0.1) is 21.4 Å². The molecule has 1 aromatic heterocycles. The predicted molar refractivity (Wildman–Crippen MR) is 92.0 cm³/mol. The van der Waals surface area contributed by atoms with Crippen LogP contribution in [0.2, 0.25) is 0 Å². The summed E-state index contributed by atoms with van der Waals surface area (Å²) in [5, 5.41) is 27.0. The number of hydrogen-bond acceptors (Lipinski definition) is 7. The van der Waals surface area contributed by atoms with Crippen LogP contribution in [0.15, 0.2) is 24.4 Å². The smallest absolute Gasteiger partial charge is 0.293 e. The van der Waals surface area contributed by atoms with Gasteiger partial charge in [-0.15, -0.1) is 0 Å². The highest BCUT2D eigenvalue weighted by atomic mass is 16.6. The average Bonchev–Trinajstić information content (AvgIpc) is 3.01. The third-order valence-corrected chi connectivity index (χ3v) is 4.08. The maximum atomic E-state index is 12.5. The van der Waals surface area contributed by atoms with Crippen molar-refractivity contribution in [2.75, 3.05) is 36.5 Å². The average molecular weight is 356 g/mol. The third-order valence-electron chi connectivity index (χ3n) is 4.08. The topological polar surface area (TPSA) is 126 Å². The highest BCUT2D eigenvalue weighted by molar-refractivity contribution is 6.05. The molecule has 0 unspecified atom stereocenters. The van der Waals surface area contributed by atoms with Gasteiger partial charge in [0.1, 0.15) is 23.1 Å². The van der Waals surface area contributed by atoms with Gasteiger partial charge in [0.25, 0.3) is 11.6 Å². The Morgan fingerprint density at radius 2 is 2.15 bits per heavy atom. The molecule has 2 heterocycles. The van der Waals surface area contributed by atoms with Crippen molar-refractivity contribution in [2.45, 2.75) is 0 Å². The second-order valence-corrected chi connectivity index (χ2v) is 5.66. The van der Waals surface area contributed by atoms with E-state index in [-0.39, 0.29) is 22.6 Å². The van der Waals surface area contributed by atoms with Gasteiger partial charge >= 0.3 is 0 Å². The second-order valence-electron chi connectivity index (χ2n) is 5.66. The highest BCUT2D eigenvalue weighted by Crippen LogP contribution is 2.30. The van der Waals surface area contributed by atoms with E-state index in [4.69, 9.17) is 10.00 Å². The number of nitriles is 1. The van der Waals surface area contributed by atoms with Crippen molar-refractivity contribution < 1.29 is 14.5 Å². The van der Waals surface area contributed by atoms with E-state index in [9.17, 15) is 14.9 Å². The van der Waals surface area contributed by atoms with Gasteiger partial charge in [-0.1, -0.05) is 0 Å². The van der Waals surface area contributed by atoms with Gasteiger partial charge in [-0.3, -0.25) is 19.6 Å². The van der Waals surface area contributed by atoms with E-state index in [1.165, 1.54) is 23.0 Å². The summed E-state index contributed by atoms with van der Waals surface area (Å²) < 4.78 is 6.62. The molecule has 0 bridgehead atoms. The SMILES string of the molecule is Cn1ncc(C#N)c1NC(=O)c1ccc(N2CCOCC2)c([N+](=O)[O-])c1. The fraction of sp³-hybridized carbons (Fsp3) is 0.312. The molecule has 1 saturated heterocycles. The molecule has 0 saturated carbocycles. The number of ether oxygens (including phenoxy) is 1. The molecule has 10 heteroatoms. The first kappa shape index (κ1) is 17.4. The summed E-state index contributed by atoms with van der Waals surface area (Å²) in [5.41, 5.74) is 0.636. The lowest BCUT2D eigenvalue weighted by Gasteiger charge is -2.28. The summed E-state index contributed by atoms with van der Waals surface area (Å²) in [5.74, 6) is -0.320. The predicted octanol–water partition coefficient (Wildman–Crippen LogP) is 1.29. The van der Waals surface area contributed by atoms with E-state index in [0.717, 1.165) is 0 Å². The number of carbonyl (C=O) groups excluding carboxylic acids is 1. The van der Waals surface area contributed by atoms with E-state index in [1.807, 2.05) is 11.0 Å². The largest absolute Gasteiger partial charge is 0.378 e. The number of aryl methyl sites for hydroxylation is 1. The van der Waals surface area contributed by atoms with Crippen LogP contribution in [0.4, 0.5) is 17.2 Å². The van der Waals surface area contributed by atoms with E-state index in [0.29, 0.717) is 32.0 Å². The minimum atomic E-state index is -0.554. The Morgan fingerprint density at radius 3 is 2.81 bits per heavy atom. The molecule has 0 atom stereocenters. The van der Waals surface area contributed by atoms with Crippen LogP contribution in [0.25, 0.3) is 0 Å². The number of rotatable bonds is 4. The van der Waals surface area contributed by atoms with Crippen LogP contribution >= 0.6 is 0 Å². The Balaban J connectivity index is 1.89. The number of nitro groups is 1. The Morgan fingerprint density at radius 1 is 1.42 bits per heavy atom. The van der Waals surface area contributed by atoms with Gasteiger partial charge < -0.3 is 15.0 Å². The molecule has 0 spiro atoms. The van der Waals surface area contributed by atoms with E-state index < -0.39 is 10.8 Å². The van der Waals surface area contributed by atoms with Gasteiger partial charge in [0.05, 0.1) is 24.3 Å². The van der Waals surface area contributed by atoms with Gasteiger partial charge in [0.2, 0.25) is 0 Å². The fourth-order valence-corrected chi connectivity index (χ4v) is 2.73. The van der Waals surface area contributed by atoms with Crippen LogP contribution in [-0.2, 0) is 11.8 Å². The van der Waals surface area contributed by atoms with Crippen LogP contribution in [0.5, 0.6) is 0 Å². The van der Waals surface area contributed by atoms with Crippen molar-refractivity contribution in [2.24, 2.45) is 7.05 Å². The van der Waals surface area contributed by atoms with Crippen molar-refractivity contribution in [3.05, 3.63) is 45.6 Å². The molecule has 0 radical (unpaired) electrons. The molecule has 1 fully saturated rings. The molecule has 0 aliphatic carbocycles. The van der Waals surface area contributed by atoms with Gasteiger partial charge in [-0.05, 0) is 12.1 Å². The van der Waals surface area contributed by atoms with Gasteiger partial charge in [-0.25, -0.2) is 0 Å². The lowest BCUT2D eigenvalue weighted by Crippen LogP contribution is -2.36. The van der Waals surface area contributed by atoms with Crippen molar-refractivity contribution in [3.8, 4) is 6.07 Å². The maximum Gasteiger partial charge on any atom is 0.293 e. The maximum absolute atomic E-state index is 12.5. The van der Waals surface area contributed by atoms with Crippen molar-refractivity contribution >= 4 is 23.1 Å². The van der Waals surface area contributed by atoms with Gasteiger partial charge in [0, 0.05) is 31.8 Å². The summed E-state index contributed by atoms with van der Waals surface area (Å²) >= 11 is 0. The molecule has 1 N–H and O–H groups in total. The number of amides is 1.